The summed E-state index contributed by atoms with van der Waals surface area (Å²) in [6.45, 7) is 0. The SMILES string of the molecule is O=Cc1ccc(-c2cccn2-c2ccc(F)cc2)s1. The molecule has 0 spiro atoms. The van der Waals surface area contributed by atoms with Gasteiger partial charge in [0.1, 0.15) is 5.82 Å². The normalized spacial score (nSPS) is 10.6. The summed E-state index contributed by atoms with van der Waals surface area (Å²) in [5.74, 6) is -0.253. The first-order valence-corrected chi connectivity index (χ1v) is 6.58. The fourth-order valence-corrected chi connectivity index (χ4v) is 2.81. The predicted molar refractivity (Wildman–Crippen MR) is 74.4 cm³/mol. The molecule has 2 heterocycles. The van der Waals surface area contributed by atoms with Crippen molar-refractivity contribution >= 4 is 17.6 Å². The van der Waals surface area contributed by atoms with Gasteiger partial charge in [-0.1, -0.05) is 0 Å². The van der Waals surface area contributed by atoms with Crippen molar-refractivity contribution in [2.75, 3.05) is 0 Å². The van der Waals surface area contributed by atoms with Crippen LogP contribution in [0.1, 0.15) is 9.67 Å². The molecule has 0 saturated heterocycles. The zero-order valence-corrected chi connectivity index (χ0v) is 10.7. The van der Waals surface area contributed by atoms with E-state index in [0.717, 1.165) is 22.5 Å². The van der Waals surface area contributed by atoms with E-state index in [9.17, 15) is 9.18 Å². The van der Waals surface area contributed by atoms with Gasteiger partial charge in [-0.25, -0.2) is 4.39 Å². The van der Waals surface area contributed by atoms with Gasteiger partial charge in [0.05, 0.1) is 15.4 Å². The van der Waals surface area contributed by atoms with Crippen LogP contribution in [-0.2, 0) is 0 Å². The minimum absolute atomic E-state index is 0.253. The second-order valence-electron chi connectivity index (χ2n) is 4.06. The third-order valence-electron chi connectivity index (χ3n) is 2.85. The summed E-state index contributed by atoms with van der Waals surface area (Å²) in [4.78, 5) is 12.5. The smallest absolute Gasteiger partial charge is 0.160 e. The topological polar surface area (TPSA) is 22.0 Å². The van der Waals surface area contributed by atoms with E-state index < -0.39 is 0 Å². The molecule has 0 N–H and O–H groups in total. The quantitative estimate of drug-likeness (QED) is 0.656. The largest absolute Gasteiger partial charge is 0.316 e. The van der Waals surface area contributed by atoms with Gasteiger partial charge in [0.15, 0.2) is 6.29 Å². The number of thiophene rings is 1. The van der Waals surface area contributed by atoms with E-state index in [1.807, 2.05) is 29.0 Å². The highest BCUT2D eigenvalue weighted by Gasteiger charge is 2.08. The molecule has 0 aliphatic heterocycles. The lowest BCUT2D eigenvalue weighted by Gasteiger charge is -2.07. The zero-order valence-electron chi connectivity index (χ0n) is 9.92. The van der Waals surface area contributed by atoms with Crippen LogP contribution in [0.15, 0.2) is 54.7 Å². The molecule has 3 rings (SSSR count). The molecule has 19 heavy (non-hydrogen) atoms. The molecule has 94 valence electrons. The first kappa shape index (κ1) is 11.9. The van der Waals surface area contributed by atoms with Gasteiger partial charge < -0.3 is 4.57 Å². The Bertz CT molecular complexity index is 712. The highest BCUT2D eigenvalue weighted by molar-refractivity contribution is 7.17. The van der Waals surface area contributed by atoms with Gasteiger partial charge in [-0.3, -0.25) is 4.79 Å². The molecule has 0 radical (unpaired) electrons. The van der Waals surface area contributed by atoms with Crippen molar-refractivity contribution in [3.8, 4) is 16.3 Å². The van der Waals surface area contributed by atoms with E-state index in [1.54, 1.807) is 18.2 Å². The first-order valence-electron chi connectivity index (χ1n) is 5.76. The third kappa shape index (κ3) is 2.22. The minimum atomic E-state index is -0.253. The number of aldehydes is 1. The van der Waals surface area contributed by atoms with Crippen molar-refractivity contribution in [1.29, 1.82) is 0 Å². The molecule has 0 amide bonds. The molecule has 2 aromatic heterocycles. The van der Waals surface area contributed by atoms with Gasteiger partial charge in [-0.15, -0.1) is 11.3 Å². The predicted octanol–water partition coefficient (Wildman–Crippen LogP) is 4.16. The maximum absolute atomic E-state index is 13.0. The van der Waals surface area contributed by atoms with E-state index in [4.69, 9.17) is 0 Å². The lowest BCUT2D eigenvalue weighted by atomic mass is 10.3. The number of hydrogen-bond acceptors (Lipinski definition) is 2. The van der Waals surface area contributed by atoms with E-state index in [-0.39, 0.29) is 5.82 Å². The summed E-state index contributed by atoms with van der Waals surface area (Å²) in [6, 6.07) is 14.0. The maximum atomic E-state index is 13.0. The summed E-state index contributed by atoms with van der Waals surface area (Å²) in [5.41, 5.74) is 1.88. The fourth-order valence-electron chi connectivity index (χ4n) is 1.96. The number of benzene rings is 1. The molecule has 0 saturated carbocycles. The molecule has 2 nitrogen and oxygen atoms in total. The fraction of sp³-hybridized carbons (Fsp3) is 0. The monoisotopic (exact) mass is 271 g/mol. The molecule has 0 bridgehead atoms. The van der Waals surface area contributed by atoms with Gasteiger partial charge in [0, 0.05) is 11.9 Å². The number of rotatable bonds is 3. The van der Waals surface area contributed by atoms with Gasteiger partial charge >= 0.3 is 0 Å². The Balaban J connectivity index is 2.07. The Morgan fingerprint density at radius 2 is 1.84 bits per heavy atom. The number of nitrogens with zero attached hydrogens (tertiary/aromatic N) is 1. The Kier molecular flexibility index (Phi) is 3.01. The van der Waals surface area contributed by atoms with Crippen LogP contribution in [0, 0.1) is 5.82 Å². The summed E-state index contributed by atoms with van der Waals surface area (Å²) in [6.07, 6.45) is 2.77. The lowest BCUT2D eigenvalue weighted by Crippen LogP contribution is -1.93. The molecule has 0 aliphatic rings. The first-order chi connectivity index (χ1) is 9.28. The molecule has 0 atom stereocenters. The van der Waals surface area contributed by atoms with Crippen LogP contribution >= 0.6 is 11.3 Å². The molecule has 0 unspecified atom stereocenters. The van der Waals surface area contributed by atoms with Crippen LogP contribution in [0.4, 0.5) is 4.39 Å². The van der Waals surface area contributed by atoms with Gasteiger partial charge in [-0.05, 0) is 48.5 Å². The van der Waals surface area contributed by atoms with Crippen LogP contribution in [0.2, 0.25) is 0 Å². The zero-order chi connectivity index (χ0) is 13.2. The van der Waals surface area contributed by atoms with Crippen molar-refractivity contribution in [2.45, 2.75) is 0 Å². The van der Waals surface area contributed by atoms with Crippen LogP contribution in [0.25, 0.3) is 16.3 Å². The standard InChI is InChI=1S/C15H10FNOS/c16-11-3-5-12(6-4-11)17-9-1-2-14(17)15-8-7-13(10-18)19-15/h1-10H. The van der Waals surface area contributed by atoms with E-state index in [1.165, 1.54) is 23.5 Å². The summed E-state index contributed by atoms with van der Waals surface area (Å²) >= 11 is 1.44. The minimum Gasteiger partial charge on any atom is -0.316 e. The molecule has 0 aliphatic carbocycles. The van der Waals surface area contributed by atoms with Crippen molar-refractivity contribution in [3.05, 3.63) is 65.4 Å². The summed E-state index contributed by atoms with van der Waals surface area (Å²) < 4.78 is 14.9. The second-order valence-corrected chi connectivity index (χ2v) is 5.18. The van der Waals surface area contributed by atoms with Crippen molar-refractivity contribution < 1.29 is 9.18 Å². The lowest BCUT2D eigenvalue weighted by molar-refractivity contribution is 0.112. The van der Waals surface area contributed by atoms with Crippen LogP contribution in [-0.4, -0.2) is 10.9 Å². The van der Waals surface area contributed by atoms with Crippen molar-refractivity contribution in [2.24, 2.45) is 0 Å². The second kappa shape index (κ2) is 4.82. The average molecular weight is 271 g/mol. The van der Waals surface area contributed by atoms with E-state index in [2.05, 4.69) is 0 Å². The summed E-state index contributed by atoms with van der Waals surface area (Å²) in [7, 11) is 0. The highest BCUT2D eigenvalue weighted by Crippen LogP contribution is 2.29. The number of carbonyl (C=O) groups excluding carboxylic acids is 1. The van der Waals surface area contributed by atoms with Crippen LogP contribution < -0.4 is 0 Å². The molecule has 1 aromatic carbocycles. The van der Waals surface area contributed by atoms with Crippen molar-refractivity contribution in [1.82, 2.24) is 4.57 Å². The molecular formula is C15H10FNOS. The van der Waals surface area contributed by atoms with E-state index >= 15 is 0 Å². The summed E-state index contributed by atoms with van der Waals surface area (Å²) in [5, 5.41) is 0. The Morgan fingerprint density at radius 3 is 2.53 bits per heavy atom. The number of carbonyl (C=O) groups is 1. The third-order valence-corrected chi connectivity index (χ3v) is 3.88. The molecular weight excluding hydrogens is 261 g/mol. The number of halogens is 1. The van der Waals surface area contributed by atoms with Gasteiger partial charge in [0.25, 0.3) is 0 Å². The maximum Gasteiger partial charge on any atom is 0.160 e. The Hall–Kier alpha value is -2.20. The van der Waals surface area contributed by atoms with Crippen molar-refractivity contribution in [3.63, 3.8) is 0 Å². The highest BCUT2D eigenvalue weighted by atomic mass is 32.1. The number of aromatic nitrogens is 1. The van der Waals surface area contributed by atoms with Gasteiger partial charge in [0.2, 0.25) is 0 Å². The Morgan fingerprint density at radius 1 is 1.05 bits per heavy atom. The molecule has 3 aromatic rings. The van der Waals surface area contributed by atoms with E-state index in [0.29, 0.717) is 4.88 Å². The van der Waals surface area contributed by atoms with Gasteiger partial charge in [-0.2, -0.15) is 0 Å². The number of hydrogen-bond donors (Lipinski definition) is 0. The molecule has 0 fully saturated rings. The Labute approximate surface area is 113 Å². The molecule has 4 heteroatoms. The average Bonchev–Trinajstić information content (AvgIpc) is 3.07. The van der Waals surface area contributed by atoms with Crippen LogP contribution in [0.3, 0.4) is 0 Å². The van der Waals surface area contributed by atoms with Crippen LogP contribution in [0.5, 0.6) is 0 Å².